The van der Waals surface area contributed by atoms with E-state index in [4.69, 9.17) is 23.2 Å². The van der Waals surface area contributed by atoms with Crippen LogP contribution in [0.4, 0.5) is 5.69 Å². The van der Waals surface area contributed by atoms with E-state index in [2.05, 4.69) is 12.2 Å². The Hall–Kier alpha value is -1.26. The molecule has 1 aliphatic heterocycles. The van der Waals surface area contributed by atoms with E-state index in [1.165, 1.54) is 0 Å². The summed E-state index contributed by atoms with van der Waals surface area (Å²) >= 11 is 11.8. The first-order chi connectivity index (χ1) is 10.5. The molecule has 1 fully saturated rings. The first-order valence-corrected chi connectivity index (χ1v) is 8.30. The molecule has 120 valence electrons. The number of nitrogens with zero attached hydrogens (tertiary/aromatic N) is 1. The molecular formula is C16H20Cl2N2O2. The normalized spacial score (nSPS) is 18.1. The van der Waals surface area contributed by atoms with Crippen molar-refractivity contribution in [1.82, 2.24) is 4.90 Å². The topological polar surface area (TPSA) is 49.4 Å². The molecule has 0 bridgehead atoms. The number of rotatable bonds is 4. The minimum Gasteiger partial charge on any atom is -0.339 e. The Morgan fingerprint density at radius 2 is 1.91 bits per heavy atom. The largest absolute Gasteiger partial charge is 0.339 e. The number of halogens is 2. The van der Waals surface area contributed by atoms with Gasteiger partial charge in [0.2, 0.25) is 11.8 Å². The van der Waals surface area contributed by atoms with Crippen molar-refractivity contribution in [3.63, 3.8) is 0 Å². The van der Waals surface area contributed by atoms with Crippen LogP contribution in [-0.2, 0) is 9.59 Å². The number of amides is 2. The van der Waals surface area contributed by atoms with Crippen LogP contribution in [0.3, 0.4) is 0 Å². The van der Waals surface area contributed by atoms with Gasteiger partial charge < -0.3 is 10.2 Å². The predicted molar refractivity (Wildman–Crippen MR) is 89.4 cm³/mol. The Labute approximate surface area is 140 Å². The van der Waals surface area contributed by atoms with E-state index in [0.717, 1.165) is 32.2 Å². The molecule has 0 saturated carbocycles. The van der Waals surface area contributed by atoms with Crippen LogP contribution in [0.2, 0.25) is 10.0 Å². The highest BCUT2D eigenvalue weighted by atomic mass is 35.5. The molecule has 1 unspecified atom stereocenters. The smallest absolute Gasteiger partial charge is 0.233 e. The van der Waals surface area contributed by atoms with Crippen LogP contribution in [-0.4, -0.2) is 29.3 Å². The van der Waals surface area contributed by atoms with Crippen LogP contribution in [0.1, 0.15) is 39.0 Å². The maximum atomic E-state index is 12.3. The van der Waals surface area contributed by atoms with E-state index in [9.17, 15) is 9.59 Å². The summed E-state index contributed by atoms with van der Waals surface area (Å²) in [5, 5.41) is 3.55. The first kappa shape index (κ1) is 17.1. The van der Waals surface area contributed by atoms with Gasteiger partial charge in [-0.25, -0.2) is 0 Å². The Morgan fingerprint density at radius 1 is 1.23 bits per heavy atom. The molecule has 1 aromatic carbocycles. The van der Waals surface area contributed by atoms with Gasteiger partial charge in [0.05, 0.1) is 0 Å². The van der Waals surface area contributed by atoms with E-state index < -0.39 is 0 Å². The molecule has 2 rings (SSSR count). The number of hydrogen-bond donors (Lipinski definition) is 1. The third-order valence-electron chi connectivity index (χ3n) is 3.88. The summed E-state index contributed by atoms with van der Waals surface area (Å²) in [6.45, 7) is 2.82. The predicted octanol–water partition coefficient (Wildman–Crippen LogP) is 4.11. The van der Waals surface area contributed by atoms with Crippen molar-refractivity contribution in [1.29, 1.82) is 0 Å². The minimum atomic E-state index is -0.344. The first-order valence-electron chi connectivity index (χ1n) is 7.55. The molecule has 0 spiro atoms. The second-order valence-electron chi connectivity index (χ2n) is 5.53. The van der Waals surface area contributed by atoms with Gasteiger partial charge in [-0.3, -0.25) is 9.59 Å². The zero-order chi connectivity index (χ0) is 16.1. The van der Waals surface area contributed by atoms with Crippen molar-refractivity contribution in [2.75, 3.05) is 11.9 Å². The Morgan fingerprint density at radius 3 is 2.55 bits per heavy atom. The summed E-state index contributed by atoms with van der Waals surface area (Å²) in [6, 6.07) is 5.05. The standard InChI is InChI=1S/C16H20Cl2N2O2/c1-2-14-5-3-4-6-20(14)16(22)10-15(21)19-13-8-11(17)7-12(18)9-13/h7-9,14H,2-6,10H2,1H3,(H,19,21). The van der Waals surface area contributed by atoms with Crippen molar-refractivity contribution < 1.29 is 9.59 Å². The van der Waals surface area contributed by atoms with E-state index >= 15 is 0 Å². The average molecular weight is 343 g/mol. The van der Waals surface area contributed by atoms with Gasteiger partial charge in [-0.2, -0.15) is 0 Å². The van der Waals surface area contributed by atoms with Gasteiger partial charge in [-0.05, 0) is 43.9 Å². The van der Waals surface area contributed by atoms with Gasteiger partial charge in [0, 0.05) is 28.3 Å². The molecule has 1 heterocycles. The third-order valence-corrected chi connectivity index (χ3v) is 4.31. The van der Waals surface area contributed by atoms with Crippen molar-refractivity contribution in [2.24, 2.45) is 0 Å². The number of carbonyl (C=O) groups excluding carboxylic acids is 2. The lowest BCUT2D eigenvalue weighted by Crippen LogP contribution is -2.44. The summed E-state index contributed by atoms with van der Waals surface area (Å²) in [4.78, 5) is 26.2. The SMILES string of the molecule is CCC1CCCCN1C(=O)CC(=O)Nc1cc(Cl)cc(Cl)c1. The number of hydrogen-bond acceptors (Lipinski definition) is 2. The summed E-state index contributed by atoms with van der Waals surface area (Å²) < 4.78 is 0. The molecule has 1 aliphatic rings. The number of piperidine rings is 1. The highest BCUT2D eigenvalue weighted by Crippen LogP contribution is 2.23. The lowest BCUT2D eigenvalue weighted by atomic mass is 9.99. The van der Waals surface area contributed by atoms with E-state index in [1.807, 2.05) is 4.90 Å². The fraction of sp³-hybridized carbons (Fsp3) is 0.500. The molecule has 22 heavy (non-hydrogen) atoms. The lowest BCUT2D eigenvalue weighted by molar-refractivity contribution is -0.137. The summed E-state index contributed by atoms with van der Waals surface area (Å²) in [6.07, 6.45) is 3.95. The quantitative estimate of drug-likeness (QED) is 0.837. The van der Waals surface area contributed by atoms with Crippen LogP contribution in [0.25, 0.3) is 0 Å². The molecule has 2 amide bonds. The van der Waals surface area contributed by atoms with Gasteiger partial charge >= 0.3 is 0 Å². The number of anilines is 1. The number of likely N-dealkylation sites (tertiary alicyclic amines) is 1. The molecule has 1 N–H and O–H groups in total. The van der Waals surface area contributed by atoms with Gasteiger partial charge in [0.15, 0.2) is 0 Å². The van der Waals surface area contributed by atoms with E-state index in [0.29, 0.717) is 15.7 Å². The second-order valence-corrected chi connectivity index (χ2v) is 6.40. The zero-order valence-corrected chi connectivity index (χ0v) is 14.1. The van der Waals surface area contributed by atoms with Crippen molar-refractivity contribution in [3.8, 4) is 0 Å². The fourth-order valence-corrected chi connectivity index (χ4v) is 3.35. The highest BCUT2D eigenvalue weighted by molar-refractivity contribution is 6.35. The van der Waals surface area contributed by atoms with Crippen LogP contribution in [0.15, 0.2) is 18.2 Å². The Balaban J connectivity index is 1.94. The molecule has 4 nitrogen and oxygen atoms in total. The van der Waals surface area contributed by atoms with Crippen molar-refractivity contribution >= 4 is 40.7 Å². The maximum Gasteiger partial charge on any atom is 0.233 e. The molecule has 1 aromatic rings. The summed E-state index contributed by atoms with van der Waals surface area (Å²) in [5.74, 6) is -0.457. The van der Waals surface area contributed by atoms with E-state index in [1.54, 1.807) is 18.2 Å². The highest BCUT2D eigenvalue weighted by Gasteiger charge is 2.26. The van der Waals surface area contributed by atoms with Gasteiger partial charge in [-0.15, -0.1) is 0 Å². The molecule has 0 aromatic heterocycles. The Bertz CT molecular complexity index is 543. The number of carbonyl (C=O) groups is 2. The van der Waals surface area contributed by atoms with Crippen molar-refractivity contribution in [3.05, 3.63) is 28.2 Å². The number of benzene rings is 1. The fourth-order valence-electron chi connectivity index (χ4n) is 2.82. The van der Waals surface area contributed by atoms with Crippen LogP contribution < -0.4 is 5.32 Å². The van der Waals surface area contributed by atoms with Gasteiger partial charge in [-0.1, -0.05) is 30.1 Å². The second kappa shape index (κ2) is 7.84. The van der Waals surface area contributed by atoms with Crippen molar-refractivity contribution in [2.45, 2.75) is 45.1 Å². The summed E-state index contributed by atoms with van der Waals surface area (Å²) in [7, 11) is 0. The molecule has 1 saturated heterocycles. The van der Waals surface area contributed by atoms with Crippen LogP contribution in [0, 0.1) is 0 Å². The zero-order valence-electron chi connectivity index (χ0n) is 12.6. The summed E-state index contributed by atoms with van der Waals surface area (Å²) in [5.41, 5.74) is 0.501. The van der Waals surface area contributed by atoms with Gasteiger partial charge in [0.25, 0.3) is 0 Å². The minimum absolute atomic E-state index is 0.114. The molecule has 0 aliphatic carbocycles. The van der Waals surface area contributed by atoms with Gasteiger partial charge in [0.1, 0.15) is 6.42 Å². The van der Waals surface area contributed by atoms with Crippen LogP contribution >= 0.6 is 23.2 Å². The monoisotopic (exact) mass is 342 g/mol. The average Bonchev–Trinajstić information content (AvgIpc) is 2.45. The Kier molecular flexibility index (Phi) is 6.09. The number of nitrogens with one attached hydrogen (secondary N) is 1. The molecule has 0 radical (unpaired) electrons. The molecular weight excluding hydrogens is 323 g/mol. The van der Waals surface area contributed by atoms with Crippen LogP contribution in [0.5, 0.6) is 0 Å². The maximum absolute atomic E-state index is 12.3. The third kappa shape index (κ3) is 4.62. The molecule has 6 heteroatoms. The van der Waals surface area contributed by atoms with E-state index in [-0.39, 0.29) is 24.3 Å². The molecule has 1 atom stereocenters. The lowest BCUT2D eigenvalue weighted by Gasteiger charge is -2.35.